The SMILES string of the molecule is NC(=O)C(NCCc1ccncc1CCc1ccncc1)c1ccccc1Br. The number of primary amides is 1. The molecule has 28 heavy (non-hydrogen) atoms. The summed E-state index contributed by atoms with van der Waals surface area (Å²) in [6.07, 6.45) is 10.0. The van der Waals surface area contributed by atoms with Gasteiger partial charge in [-0.1, -0.05) is 34.1 Å². The molecule has 3 N–H and O–H groups in total. The third kappa shape index (κ3) is 5.47. The van der Waals surface area contributed by atoms with Crippen molar-refractivity contribution in [2.45, 2.75) is 25.3 Å². The summed E-state index contributed by atoms with van der Waals surface area (Å²) >= 11 is 3.50. The largest absolute Gasteiger partial charge is 0.368 e. The summed E-state index contributed by atoms with van der Waals surface area (Å²) in [5.74, 6) is -0.389. The smallest absolute Gasteiger partial charge is 0.239 e. The summed E-state index contributed by atoms with van der Waals surface area (Å²) in [7, 11) is 0. The lowest BCUT2D eigenvalue weighted by Gasteiger charge is -2.18. The quantitative estimate of drug-likeness (QED) is 0.536. The number of halogens is 1. The van der Waals surface area contributed by atoms with Crippen LogP contribution in [0.15, 0.2) is 71.7 Å². The molecule has 1 atom stereocenters. The van der Waals surface area contributed by atoms with Crippen molar-refractivity contribution in [2.75, 3.05) is 6.54 Å². The fourth-order valence-electron chi connectivity index (χ4n) is 3.18. The number of rotatable bonds is 9. The predicted octanol–water partition coefficient (Wildman–Crippen LogP) is 3.38. The number of hydrogen-bond acceptors (Lipinski definition) is 4. The van der Waals surface area contributed by atoms with Gasteiger partial charge in [-0.05, 0) is 65.8 Å². The van der Waals surface area contributed by atoms with Gasteiger partial charge in [0.05, 0.1) is 0 Å². The molecule has 3 rings (SSSR count). The van der Waals surface area contributed by atoms with Crippen LogP contribution in [0.5, 0.6) is 0 Å². The Morgan fingerprint density at radius 2 is 1.71 bits per heavy atom. The number of aromatic nitrogens is 2. The van der Waals surface area contributed by atoms with Gasteiger partial charge in [-0.25, -0.2) is 0 Å². The van der Waals surface area contributed by atoms with E-state index in [-0.39, 0.29) is 5.91 Å². The zero-order chi connectivity index (χ0) is 19.8. The summed E-state index contributed by atoms with van der Waals surface area (Å²) in [5.41, 5.74) is 10.2. The molecule has 5 nitrogen and oxygen atoms in total. The molecule has 0 fully saturated rings. The van der Waals surface area contributed by atoms with Gasteiger partial charge in [0.25, 0.3) is 0 Å². The number of nitrogens with one attached hydrogen (secondary N) is 1. The van der Waals surface area contributed by atoms with Crippen LogP contribution < -0.4 is 11.1 Å². The summed E-state index contributed by atoms with van der Waals surface area (Å²) in [5, 5.41) is 3.29. The Labute approximate surface area is 173 Å². The highest BCUT2D eigenvalue weighted by atomic mass is 79.9. The van der Waals surface area contributed by atoms with Crippen molar-refractivity contribution in [2.24, 2.45) is 5.73 Å². The third-order valence-electron chi connectivity index (χ3n) is 4.68. The molecule has 0 aliphatic rings. The van der Waals surface area contributed by atoms with Crippen LogP contribution in [-0.4, -0.2) is 22.4 Å². The molecule has 3 aromatic rings. The minimum absolute atomic E-state index is 0.389. The second-order valence-corrected chi connectivity index (χ2v) is 7.42. The van der Waals surface area contributed by atoms with E-state index >= 15 is 0 Å². The number of carbonyl (C=O) groups is 1. The van der Waals surface area contributed by atoms with Crippen LogP contribution in [-0.2, 0) is 24.1 Å². The zero-order valence-corrected chi connectivity index (χ0v) is 17.1. The summed E-state index contributed by atoms with van der Waals surface area (Å²) in [4.78, 5) is 20.3. The van der Waals surface area contributed by atoms with E-state index in [2.05, 4.69) is 31.2 Å². The molecule has 0 saturated carbocycles. The van der Waals surface area contributed by atoms with E-state index in [0.717, 1.165) is 29.3 Å². The molecule has 1 amide bonds. The predicted molar refractivity (Wildman–Crippen MR) is 114 cm³/mol. The highest BCUT2D eigenvalue weighted by molar-refractivity contribution is 9.10. The van der Waals surface area contributed by atoms with Crippen LogP contribution in [0.25, 0.3) is 0 Å². The fourth-order valence-corrected chi connectivity index (χ4v) is 3.69. The van der Waals surface area contributed by atoms with E-state index in [0.29, 0.717) is 6.54 Å². The van der Waals surface area contributed by atoms with Crippen molar-refractivity contribution in [1.29, 1.82) is 0 Å². The molecule has 0 spiro atoms. The first-order valence-corrected chi connectivity index (χ1v) is 10.0. The van der Waals surface area contributed by atoms with Gasteiger partial charge in [-0.15, -0.1) is 0 Å². The Hall–Kier alpha value is -2.57. The number of amides is 1. The van der Waals surface area contributed by atoms with Gasteiger partial charge in [0.1, 0.15) is 6.04 Å². The van der Waals surface area contributed by atoms with Crippen molar-refractivity contribution in [3.8, 4) is 0 Å². The van der Waals surface area contributed by atoms with E-state index in [1.54, 1.807) is 0 Å². The van der Waals surface area contributed by atoms with E-state index in [1.807, 2.05) is 67.3 Å². The maximum atomic E-state index is 11.9. The fraction of sp³-hybridized carbons (Fsp3) is 0.227. The normalized spacial score (nSPS) is 11.9. The molecule has 0 aliphatic carbocycles. The molecule has 2 aromatic heterocycles. The number of carbonyl (C=O) groups excluding carboxylic acids is 1. The van der Waals surface area contributed by atoms with Crippen molar-refractivity contribution < 1.29 is 4.79 Å². The minimum atomic E-state index is -0.530. The van der Waals surface area contributed by atoms with Crippen LogP contribution >= 0.6 is 15.9 Å². The number of benzene rings is 1. The molecule has 2 heterocycles. The highest BCUT2D eigenvalue weighted by Gasteiger charge is 2.19. The van der Waals surface area contributed by atoms with E-state index < -0.39 is 6.04 Å². The average molecular weight is 439 g/mol. The van der Waals surface area contributed by atoms with Crippen LogP contribution in [0, 0.1) is 0 Å². The number of hydrogen-bond donors (Lipinski definition) is 2. The number of pyridine rings is 2. The molecule has 0 saturated heterocycles. The first-order chi connectivity index (χ1) is 13.6. The van der Waals surface area contributed by atoms with Gasteiger partial charge in [0.15, 0.2) is 0 Å². The molecule has 1 unspecified atom stereocenters. The van der Waals surface area contributed by atoms with Crippen molar-refractivity contribution in [3.05, 3.63) is 94.0 Å². The lowest BCUT2D eigenvalue weighted by atomic mass is 10.00. The van der Waals surface area contributed by atoms with Gasteiger partial charge in [-0.2, -0.15) is 0 Å². The molecule has 144 valence electrons. The number of nitrogens with two attached hydrogens (primary N) is 1. The molecular weight excluding hydrogens is 416 g/mol. The Bertz CT molecular complexity index is 917. The van der Waals surface area contributed by atoms with Gasteiger partial charge in [0.2, 0.25) is 5.91 Å². The maximum absolute atomic E-state index is 11.9. The second-order valence-electron chi connectivity index (χ2n) is 6.56. The van der Waals surface area contributed by atoms with Gasteiger partial charge >= 0.3 is 0 Å². The van der Waals surface area contributed by atoms with Crippen molar-refractivity contribution >= 4 is 21.8 Å². The monoisotopic (exact) mass is 438 g/mol. The van der Waals surface area contributed by atoms with Gasteiger partial charge < -0.3 is 11.1 Å². The maximum Gasteiger partial charge on any atom is 0.239 e. The molecule has 0 aliphatic heterocycles. The summed E-state index contributed by atoms with van der Waals surface area (Å²) < 4.78 is 0.869. The summed E-state index contributed by atoms with van der Waals surface area (Å²) in [6.45, 7) is 0.640. The Morgan fingerprint density at radius 3 is 2.46 bits per heavy atom. The van der Waals surface area contributed by atoms with Crippen LogP contribution in [0.2, 0.25) is 0 Å². The first kappa shape index (κ1) is 20.2. The Morgan fingerprint density at radius 1 is 0.964 bits per heavy atom. The minimum Gasteiger partial charge on any atom is -0.368 e. The third-order valence-corrected chi connectivity index (χ3v) is 5.40. The standard InChI is InChI=1S/C22H23BrN4O/c23-20-4-2-1-3-19(20)21(22(24)28)27-14-10-17-9-13-26-15-18(17)6-5-16-7-11-25-12-8-16/h1-4,7-9,11-13,15,21,27H,5-6,10,14H2,(H2,24,28). The molecular formula is C22H23BrN4O. The van der Waals surface area contributed by atoms with Crippen LogP contribution in [0.1, 0.15) is 28.3 Å². The molecule has 6 heteroatoms. The van der Waals surface area contributed by atoms with E-state index in [4.69, 9.17) is 5.73 Å². The lowest BCUT2D eigenvalue weighted by Crippen LogP contribution is -2.35. The first-order valence-electron chi connectivity index (χ1n) is 9.23. The van der Waals surface area contributed by atoms with Gasteiger partial charge in [-0.3, -0.25) is 14.8 Å². The average Bonchev–Trinajstić information content (AvgIpc) is 2.72. The number of nitrogens with zero attached hydrogens (tertiary/aromatic N) is 2. The second kappa shape index (κ2) is 10.1. The topological polar surface area (TPSA) is 80.9 Å². The highest BCUT2D eigenvalue weighted by Crippen LogP contribution is 2.23. The van der Waals surface area contributed by atoms with Crippen LogP contribution in [0.4, 0.5) is 0 Å². The van der Waals surface area contributed by atoms with Gasteiger partial charge in [0, 0.05) is 35.8 Å². The summed E-state index contributed by atoms with van der Waals surface area (Å²) in [6, 6.07) is 13.2. The number of aryl methyl sites for hydroxylation is 2. The Kier molecular flexibility index (Phi) is 7.28. The van der Waals surface area contributed by atoms with Crippen LogP contribution in [0.3, 0.4) is 0 Å². The van der Waals surface area contributed by atoms with Crippen molar-refractivity contribution in [3.63, 3.8) is 0 Å². The van der Waals surface area contributed by atoms with E-state index in [1.165, 1.54) is 16.7 Å². The molecule has 0 bridgehead atoms. The Balaban J connectivity index is 1.62. The lowest BCUT2D eigenvalue weighted by molar-refractivity contribution is -0.120. The van der Waals surface area contributed by atoms with Crippen molar-refractivity contribution in [1.82, 2.24) is 15.3 Å². The molecule has 1 aromatic carbocycles. The zero-order valence-electron chi connectivity index (χ0n) is 15.5. The molecule has 0 radical (unpaired) electrons. The van der Waals surface area contributed by atoms with E-state index in [9.17, 15) is 4.79 Å².